The van der Waals surface area contributed by atoms with E-state index < -0.39 is 66.2 Å². The van der Waals surface area contributed by atoms with Crippen LogP contribution in [0.3, 0.4) is 0 Å². The normalized spacial score (nSPS) is 21.7. The van der Waals surface area contributed by atoms with Crippen LogP contribution >= 0.6 is 18.9 Å². The van der Waals surface area contributed by atoms with Crippen LogP contribution in [0.5, 0.6) is 0 Å². The number of unbranched alkanes of at least 4 members (excludes halogenated alkanes) is 2. The Hall–Kier alpha value is -5.96. The van der Waals surface area contributed by atoms with E-state index >= 15 is 0 Å². The van der Waals surface area contributed by atoms with E-state index in [2.05, 4.69) is 10.6 Å². The molecule has 5 atom stereocenters. The Balaban J connectivity index is 0.816. The lowest BCUT2D eigenvalue weighted by Crippen LogP contribution is -2.58. The summed E-state index contributed by atoms with van der Waals surface area (Å²) in [7, 11) is -5.84. The first-order valence-electron chi connectivity index (χ1n) is 24.8. The first-order valence-corrected chi connectivity index (χ1v) is 27.2. The van der Waals surface area contributed by atoms with Crippen molar-refractivity contribution in [3.63, 3.8) is 0 Å². The molecule has 3 aromatic carbocycles. The zero-order valence-corrected chi connectivity index (χ0v) is 42.9. The number of imide groups is 1. The minimum absolute atomic E-state index is 0.0208. The molecule has 0 saturated carbocycles. The fourth-order valence-corrected chi connectivity index (χ4v) is 11.9. The fraction of sp³-hybridized carbons (Fsp3) is 0.481. The average Bonchev–Trinajstić information content (AvgIpc) is 4.17. The number of piperidine rings is 1. The third-order valence-corrected chi connectivity index (χ3v) is 16.6. The molecule has 0 aliphatic carbocycles. The maximum Gasteiger partial charge on any atom is 0.399 e. The van der Waals surface area contributed by atoms with E-state index in [0.717, 1.165) is 45.7 Å². The van der Waals surface area contributed by atoms with Gasteiger partial charge < -0.3 is 44.2 Å². The molecule has 4 N–H and O–H groups in total. The quantitative estimate of drug-likeness (QED) is 0.0636. The van der Waals surface area contributed by atoms with Gasteiger partial charge in [-0.15, -0.1) is 11.3 Å². The summed E-state index contributed by atoms with van der Waals surface area (Å²) in [5.41, 5.74) is -2.19. The van der Waals surface area contributed by atoms with Gasteiger partial charge in [-0.25, -0.2) is 0 Å². The standard InChI is InChI=1S/C52H59F2N6O12PS/c1-51(2,3)45(56-47(64)42-23-31-21-35(13-15-41(31)74-42)52(53,54)73(68,69)70)50(67)60-28-36(24-39(60)49(66)57-17-19-72-40(29-57)30-10-6-4-7-11-30)71-18-9-5-8-12-44(62)58-25-32-20-34-27-59(38-14-16-43(61)55-46(38)63)48(65)37(34)22-33(32)26-58/h4,6-7,10-11,13,15,20-23,36,38-40,45H,5,8-9,12,14,16-19,24-29H2,1-3H3,(H,56,64)(H,55,61,63)(H2,68,69,70)/t36-,38?,39-,40?,45+/m0/s1. The molecule has 18 nitrogen and oxygen atoms in total. The van der Waals surface area contributed by atoms with Crippen LogP contribution in [0.2, 0.25) is 0 Å². The molecule has 74 heavy (non-hydrogen) atoms. The largest absolute Gasteiger partial charge is 0.399 e. The minimum Gasteiger partial charge on any atom is -0.376 e. The van der Waals surface area contributed by atoms with E-state index in [-0.39, 0.29) is 85.5 Å². The van der Waals surface area contributed by atoms with E-state index in [1.54, 1.807) is 30.6 Å². The molecule has 0 bridgehead atoms. The Kier molecular flexibility index (Phi) is 15.0. The van der Waals surface area contributed by atoms with Crippen LogP contribution in [0.15, 0.2) is 66.7 Å². The monoisotopic (exact) mass is 1060 g/mol. The summed E-state index contributed by atoms with van der Waals surface area (Å²) in [4.78, 5) is 119. The Morgan fingerprint density at radius 2 is 1.66 bits per heavy atom. The van der Waals surface area contributed by atoms with Crippen molar-refractivity contribution in [2.75, 3.05) is 32.8 Å². The Bertz CT molecular complexity index is 2940. The first kappa shape index (κ1) is 52.9. The van der Waals surface area contributed by atoms with Crippen LogP contribution in [0.1, 0.15) is 120 Å². The van der Waals surface area contributed by atoms with Crippen molar-refractivity contribution in [2.24, 2.45) is 5.41 Å². The highest BCUT2D eigenvalue weighted by Crippen LogP contribution is 2.59. The maximum atomic E-state index is 14.9. The Morgan fingerprint density at radius 1 is 0.919 bits per heavy atom. The molecular formula is C52H59F2N6O12PS. The lowest BCUT2D eigenvalue weighted by molar-refractivity contribution is -0.150. The number of nitrogens with zero attached hydrogens (tertiary/aromatic N) is 4. The second-order valence-corrected chi connectivity index (χ2v) is 23.5. The maximum absolute atomic E-state index is 14.9. The van der Waals surface area contributed by atoms with Crippen LogP contribution in [0.4, 0.5) is 8.78 Å². The number of carbonyl (C=O) groups excluding carboxylic acids is 7. The van der Waals surface area contributed by atoms with Crippen molar-refractivity contribution in [1.29, 1.82) is 0 Å². The summed E-state index contributed by atoms with van der Waals surface area (Å²) in [5.74, 6) is -2.57. The number of carbonyl (C=O) groups is 7. The SMILES string of the molecule is CC(C)(C)[C@H](NC(=O)c1cc2cc(C(F)(F)P(=O)(O)O)ccc2s1)C(=O)N1C[C@@H](OCCCCCC(=O)N2Cc3cc4c(cc3C2)C(=O)N(C2CCC(=O)NC2=O)C4)C[C@H]1C(=O)N1CCOC(c2ccccc2)C1. The van der Waals surface area contributed by atoms with Gasteiger partial charge in [-0.1, -0.05) is 69.7 Å². The number of nitrogens with one attached hydrogen (secondary N) is 2. The number of halogens is 2. The molecule has 1 aromatic heterocycles. The molecule has 5 aliphatic rings. The number of hydrogen-bond acceptors (Lipinski definition) is 11. The summed E-state index contributed by atoms with van der Waals surface area (Å²) in [5, 5.41) is 5.32. The first-order chi connectivity index (χ1) is 35.1. The third-order valence-electron chi connectivity index (χ3n) is 14.5. The third kappa shape index (κ3) is 10.9. The van der Waals surface area contributed by atoms with Crippen molar-refractivity contribution >= 4 is 70.4 Å². The van der Waals surface area contributed by atoms with E-state index in [0.29, 0.717) is 62.2 Å². The number of rotatable bonds is 15. The Labute approximate surface area is 429 Å². The Morgan fingerprint density at radius 3 is 2.38 bits per heavy atom. The average molecular weight is 1060 g/mol. The van der Waals surface area contributed by atoms with Gasteiger partial charge in [0.25, 0.3) is 11.8 Å². The van der Waals surface area contributed by atoms with Crippen LogP contribution in [-0.2, 0) is 63.3 Å². The molecule has 4 aromatic rings. The van der Waals surface area contributed by atoms with Gasteiger partial charge in [0, 0.05) is 74.4 Å². The molecule has 394 valence electrons. The molecule has 6 heterocycles. The lowest BCUT2D eigenvalue weighted by atomic mass is 9.85. The summed E-state index contributed by atoms with van der Waals surface area (Å²) in [6, 6.07) is 14.9. The van der Waals surface area contributed by atoms with Crippen LogP contribution in [0.25, 0.3) is 10.1 Å². The summed E-state index contributed by atoms with van der Waals surface area (Å²) < 4.78 is 53.6. The number of fused-ring (bicyclic) bond motifs is 3. The molecule has 0 spiro atoms. The van der Waals surface area contributed by atoms with Gasteiger partial charge in [-0.05, 0) is 76.6 Å². The van der Waals surface area contributed by atoms with Crippen LogP contribution < -0.4 is 10.6 Å². The summed E-state index contributed by atoms with van der Waals surface area (Å²) in [6.45, 7) is 7.54. The predicted octanol–water partition coefficient (Wildman–Crippen LogP) is 5.72. The molecule has 0 radical (unpaired) electrons. The predicted molar refractivity (Wildman–Crippen MR) is 265 cm³/mol. The van der Waals surface area contributed by atoms with Gasteiger partial charge in [0.15, 0.2) is 0 Å². The lowest BCUT2D eigenvalue weighted by Gasteiger charge is -2.38. The van der Waals surface area contributed by atoms with E-state index in [1.807, 2.05) is 42.5 Å². The molecule has 3 fully saturated rings. The van der Waals surface area contributed by atoms with E-state index in [9.17, 15) is 56.7 Å². The number of morpholine rings is 1. The second kappa shape index (κ2) is 21.0. The van der Waals surface area contributed by atoms with E-state index in [4.69, 9.17) is 9.47 Å². The molecule has 3 saturated heterocycles. The van der Waals surface area contributed by atoms with Crippen molar-refractivity contribution in [2.45, 2.75) is 121 Å². The topological polar surface area (TPSA) is 232 Å². The number of ether oxygens (including phenoxy) is 2. The zero-order chi connectivity index (χ0) is 52.9. The highest BCUT2D eigenvalue weighted by atomic mass is 32.1. The molecule has 7 amide bonds. The van der Waals surface area contributed by atoms with Crippen molar-refractivity contribution < 1.29 is 66.2 Å². The number of benzene rings is 3. The van der Waals surface area contributed by atoms with Crippen LogP contribution in [-0.4, -0.2) is 128 Å². The zero-order valence-electron chi connectivity index (χ0n) is 41.2. The summed E-state index contributed by atoms with van der Waals surface area (Å²) >= 11 is 0.962. The van der Waals surface area contributed by atoms with Gasteiger partial charge in [0.05, 0.1) is 24.1 Å². The van der Waals surface area contributed by atoms with Crippen LogP contribution in [0, 0.1) is 5.41 Å². The number of likely N-dealkylation sites (tertiary alicyclic amines) is 1. The van der Waals surface area contributed by atoms with Gasteiger partial charge in [0.1, 0.15) is 24.2 Å². The molecule has 5 aliphatic heterocycles. The summed E-state index contributed by atoms with van der Waals surface area (Å²) in [6.07, 6.45) is 1.89. The molecule has 2 unspecified atom stereocenters. The van der Waals surface area contributed by atoms with Crippen molar-refractivity contribution in [3.8, 4) is 0 Å². The highest BCUT2D eigenvalue weighted by Gasteiger charge is 2.51. The van der Waals surface area contributed by atoms with Gasteiger partial charge in [0.2, 0.25) is 29.5 Å². The fourth-order valence-electron chi connectivity index (χ4n) is 10.5. The van der Waals surface area contributed by atoms with Gasteiger partial charge in [-0.3, -0.25) is 43.4 Å². The molecule has 9 rings (SSSR count). The van der Waals surface area contributed by atoms with Crippen molar-refractivity contribution in [3.05, 3.63) is 105 Å². The molecule has 22 heteroatoms. The number of hydrogen-bond donors (Lipinski definition) is 4. The second-order valence-electron chi connectivity index (χ2n) is 20.7. The highest BCUT2D eigenvalue weighted by molar-refractivity contribution is 7.52. The van der Waals surface area contributed by atoms with E-state index in [1.165, 1.54) is 21.9 Å². The minimum atomic E-state index is -5.84. The van der Waals surface area contributed by atoms with Crippen molar-refractivity contribution in [1.82, 2.24) is 30.2 Å². The van der Waals surface area contributed by atoms with Gasteiger partial charge in [-0.2, -0.15) is 8.78 Å². The number of amides is 7. The number of alkyl halides is 2. The van der Waals surface area contributed by atoms with Gasteiger partial charge >= 0.3 is 13.3 Å². The molecular weight excluding hydrogens is 1000 g/mol. The smallest absolute Gasteiger partial charge is 0.376 e. The number of thiophene rings is 1.